The summed E-state index contributed by atoms with van der Waals surface area (Å²) in [5, 5.41) is 7.60. The summed E-state index contributed by atoms with van der Waals surface area (Å²) in [4.78, 5) is 9.25. The maximum atomic E-state index is 10.1. The van der Waals surface area contributed by atoms with E-state index in [-0.39, 0.29) is 47.8 Å². The molecule has 0 fully saturated rings. The van der Waals surface area contributed by atoms with Crippen LogP contribution >= 0.6 is 0 Å². The predicted octanol–water partition coefficient (Wildman–Crippen LogP) is -0.922. The van der Waals surface area contributed by atoms with Crippen LogP contribution in [-0.2, 0) is 14.9 Å². The molecule has 1 atom stereocenters. The Morgan fingerprint density at radius 1 is 1.60 bits per heavy atom. The molecule has 6 nitrogen and oxygen atoms in total. The number of rotatable bonds is 4. The van der Waals surface area contributed by atoms with Gasteiger partial charge in [-0.1, -0.05) is 13.5 Å². The van der Waals surface area contributed by atoms with Crippen molar-refractivity contribution in [2.75, 3.05) is 12.3 Å². The van der Waals surface area contributed by atoms with Crippen molar-refractivity contribution >= 4 is 45.6 Å². The third-order valence-electron chi connectivity index (χ3n) is 1.07. The molecule has 1 unspecified atom stereocenters. The van der Waals surface area contributed by atoms with Gasteiger partial charge in [0.05, 0.1) is 5.75 Å². The standard InChI is InChI=1S/C4H11NO3S.C3H4O2.Na.H/c1-4(2-5)3-9(6,7)8;1-2-3(4)5;;/h4H,2-3,5H2,1H3,(H,6,7,8);2H,1H2,(H,4,5);;. The molecule has 86 valence electrons. The van der Waals surface area contributed by atoms with E-state index in [0.717, 1.165) is 6.08 Å². The molecule has 0 aromatic heterocycles. The monoisotopic (exact) mass is 249 g/mol. The Bertz CT molecular complexity index is 277. The fourth-order valence-electron chi connectivity index (χ4n) is 0.428. The number of aliphatic carboxylic acids is 1. The van der Waals surface area contributed by atoms with Crippen molar-refractivity contribution in [1.29, 1.82) is 0 Å². The van der Waals surface area contributed by atoms with Gasteiger partial charge >= 0.3 is 35.5 Å². The van der Waals surface area contributed by atoms with Gasteiger partial charge < -0.3 is 10.8 Å². The third-order valence-corrected chi connectivity index (χ3v) is 2.06. The number of carboxylic acid groups (broad SMARTS) is 1. The summed E-state index contributed by atoms with van der Waals surface area (Å²) in [6.07, 6.45) is 0.833. The Kier molecular flexibility index (Phi) is 14.5. The van der Waals surface area contributed by atoms with Gasteiger partial charge in [-0.2, -0.15) is 8.42 Å². The van der Waals surface area contributed by atoms with Gasteiger partial charge in [0.2, 0.25) is 0 Å². The summed E-state index contributed by atoms with van der Waals surface area (Å²) in [7, 11) is -3.82. The normalized spacial score (nSPS) is 11.4. The maximum absolute atomic E-state index is 10.1. The molecular weight excluding hydrogens is 233 g/mol. The molecule has 4 N–H and O–H groups in total. The van der Waals surface area contributed by atoms with Crippen LogP contribution in [0.5, 0.6) is 0 Å². The molecule has 0 saturated heterocycles. The number of carboxylic acids is 1. The van der Waals surface area contributed by atoms with Crippen LogP contribution in [0.4, 0.5) is 0 Å². The second-order valence-electron chi connectivity index (χ2n) is 2.63. The van der Waals surface area contributed by atoms with Gasteiger partial charge in [0.15, 0.2) is 0 Å². The van der Waals surface area contributed by atoms with Crippen molar-refractivity contribution in [3.63, 3.8) is 0 Å². The van der Waals surface area contributed by atoms with Crippen LogP contribution in [0.25, 0.3) is 0 Å². The third kappa shape index (κ3) is 24.9. The van der Waals surface area contributed by atoms with E-state index >= 15 is 0 Å². The molecular formula is C7H16NNaO5S. The molecule has 0 spiro atoms. The van der Waals surface area contributed by atoms with E-state index in [1.54, 1.807) is 6.92 Å². The molecule has 0 amide bonds. The summed E-state index contributed by atoms with van der Waals surface area (Å²) >= 11 is 0. The molecule has 0 aromatic carbocycles. The molecule has 15 heavy (non-hydrogen) atoms. The molecule has 0 heterocycles. The Hall–Kier alpha value is 0.0800. The van der Waals surface area contributed by atoms with Crippen molar-refractivity contribution in [1.82, 2.24) is 0 Å². The van der Waals surface area contributed by atoms with E-state index in [4.69, 9.17) is 15.4 Å². The summed E-state index contributed by atoms with van der Waals surface area (Å²) < 4.78 is 28.4. The van der Waals surface area contributed by atoms with Crippen molar-refractivity contribution in [2.45, 2.75) is 6.92 Å². The first-order valence-electron chi connectivity index (χ1n) is 3.73. The van der Waals surface area contributed by atoms with Gasteiger partial charge in [0.25, 0.3) is 10.1 Å². The minimum atomic E-state index is -3.82. The fourth-order valence-corrected chi connectivity index (χ4v) is 1.28. The first-order valence-corrected chi connectivity index (χ1v) is 5.34. The van der Waals surface area contributed by atoms with Crippen LogP contribution in [0.2, 0.25) is 0 Å². The van der Waals surface area contributed by atoms with Gasteiger partial charge in [0, 0.05) is 6.08 Å². The number of hydrogen-bond acceptors (Lipinski definition) is 4. The molecule has 8 heteroatoms. The molecule has 0 rings (SSSR count). The predicted molar refractivity (Wildman–Crippen MR) is 59.6 cm³/mol. The van der Waals surface area contributed by atoms with Gasteiger partial charge in [0.1, 0.15) is 0 Å². The topological polar surface area (TPSA) is 118 Å². The molecule has 0 aliphatic rings. The van der Waals surface area contributed by atoms with Gasteiger partial charge in [-0.05, 0) is 12.5 Å². The van der Waals surface area contributed by atoms with Crippen LogP contribution in [0, 0.1) is 5.92 Å². The first kappa shape index (κ1) is 20.5. The van der Waals surface area contributed by atoms with E-state index in [0.29, 0.717) is 0 Å². The Balaban J connectivity index is -0.000000208. The number of hydrogen-bond donors (Lipinski definition) is 3. The van der Waals surface area contributed by atoms with E-state index in [2.05, 4.69) is 6.58 Å². The second kappa shape index (κ2) is 10.6. The van der Waals surface area contributed by atoms with Crippen LogP contribution in [0.1, 0.15) is 6.92 Å². The fraction of sp³-hybridized carbons (Fsp3) is 0.571. The Morgan fingerprint density at radius 2 is 1.93 bits per heavy atom. The van der Waals surface area contributed by atoms with Crippen LogP contribution < -0.4 is 5.73 Å². The van der Waals surface area contributed by atoms with E-state index < -0.39 is 16.1 Å². The van der Waals surface area contributed by atoms with E-state index in [1.165, 1.54) is 0 Å². The quantitative estimate of drug-likeness (QED) is 0.337. The minimum absolute atomic E-state index is 0. The molecule has 0 aliphatic heterocycles. The van der Waals surface area contributed by atoms with Gasteiger partial charge in [-0.3, -0.25) is 4.55 Å². The summed E-state index contributed by atoms with van der Waals surface area (Å²) in [6.45, 7) is 4.90. The molecule has 0 bridgehead atoms. The SMILES string of the molecule is C=CC(=O)O.CC(CN)CS(=O)(=O)O.[NaH]. The second-order valence-corrected chi connectivity index (χ2v) is 4.13. The van der Waals surface area contributed by atoms with Crippen molar-refractivity contribution in [3.8, 4) is 0 Å². The van der Waals surface area contributed by atoms with E-state index in [1.807, 2.05) is 0 Å². The van der Waals surface area contributed by atoms with Crippen molar-refractivity contribution in [3.05, 3.63) is 12.7 Å². The molecule has 0 aliphatic carbocycles. The van der Waals surface area contributed by atoms with Crippen LogP contribution in [0.3, 0.4) is 0 Å². The average Bonchev–Trinajstić information content (AvgIpc) is 2.02. The summed E-state index contributed by atoms with van der Waals surface area (Å²) in [5.74, 6) is -1.39. The van der Waals surface area contributed by atoms with Gasteiger partial charge in [-0.25, -0.2) is 4.79 Å². The number of nitrogens with two attached hydrogens (primary N) is 1. The Labute approximate surface area is 112 Å². The first-order chi connectivity index (χ1) is 6.22. The summed E-state index contributed by atoms with van der Waals surface area (Å²) in [6, 6.07) is 0. The summed E-state index contributed by atoms with van der Waals surface area (Å²) in [5.41, 5.74) is 5.10. The van der Waals surface area contributed by atoms with Gasteiger partial charge in [-0.15, -0.1) is 0 Å². The van der Waals surface area contributed by atoms with E-state index in [9.17, 15) is 13.2 Å². The number of carbonyl (C=O) groups is 1. The zero-order chi connectivity index (χ0) is 11.8. The van der Waals surface area contributed by atoms with Crippen molar-refractivity contribution < 1.29 is 22.9 Å². The zero-order valence-corrected chi connectivity index (χ0v) is 8.70. The van der Waals surface area contributed by atoms with Crippen LogP contribution in [0.15, 0.2) is 12.7 Å². The molecule has 0 aromatic rings. The zero-order valence-electron chi connectivity index (χ0n) is 7.88. The van der Waals surface area contributed by atoms with Crippen LogP contribution in [-0.4, -0.2) is 65.9 Å². The Morgan fingerprint density at radius 3 is 2.00 bits per heavy atom. The molecule has 0 saturated carbocycles. The average molecular weight is 249 g/mol. The molecule has 0 radical (unpaired) electrons. The van der Waals surface area contributed by atoms with Crippen molar-refractivity contribution in [2.24, 2.45) is 11.7 Å².